The first kappa shape index (κ1) is 19.6. The summed E-state index contributed by atoms with van der Waals surface area (Å²) in [6, 6.07) is 14.5. The van der Waals surface area contributed by atoms with Gasteiger partial charge in [0, 0.05) is 16.8 Å². The fourth-order valence-corrected chi connectivity index (χ4v) is 2.91. The van der Waals surface area contributed by atoms with E-state index in [0.717, 1.165) is 17.5 Å². The van der Waals surface area contributed by atoms with Crippen molar-refractivity contribution in [2.45, 2.75) is 4.90 Å². The summed E-state index contributed by atoms with van der Waals surface area (Å²) in [6.07, 6.45) is 0. The average molecular weight is 367 g/mol. The number of hydrogen-bond donors (Lipinski definition) is 2. The minimum atomic E-state index is -4.64. The third kappa shape index (κ3) is 4.45. The van der Waals surface area contributed by atoms with E-state index >= 15 is 0 Å². The molecule has 2 N–H and O–H groups in total. The Morgan fingerprint density at radius 1 is 1.00 bits per heavy atom. The number of fused-ring (bicyclic) bond motifs is 1. The second-order valence-electron chi connectivity index (χ2n) is 5.19. The van der Waals surface area contributed by atoms with Gasteiger partial charge in [-0.2, -0.15) is 0 Å². The van der Waals surface area contributed by atoms with E-state index in [1.54, 1.807) is 37.4 Å². The number of hydrogen-bond acceptors (Lipinski definition) is 6. The molecule has 0 spiro atoms. The molecule has 0 bridgehead atoms. The van der Waals surface area contributed by atoms with Crippen molar-refractivity contribution < 1.29 is 52.4 Å². The van der Waals surface area contributed by atoms with Crippen LogP contribution in [0, 0.1) is 0 Å². The quantitative estimate of drug-likeness (QED) is 0.505. The van der Waals surface area contributed by atoms with Gasteiger partial charge in [-0.3, -0.25) is 0 Å². The van der Waals surface area contributed by atoms with Crippen LogP contribution in [0.25, 0.3) is 10.8 Å². The van der Waals surface area contributed by atoms with Crippen molar-refractivity contribution in [3.63, 3.8) is 0 Å². The predicted octanol–water partition coefficient (Wildman–Crippen LogP) is 0.206. The topological polar surface area (TPSA) is 98.7 Å². The molecule has 0 saturated carbocycles. The first-order valence-corrected chi connectivity index (χ1v) is 8.41. The van der Waals surface area contributed by atoms with Crippen LogP contribution in [0.2, 0.25) is 0 Å². The number of ether oxygens (including phenoxy) is 1. The molecule has 0 unspecified atom stereocenters. The van der Waals surface area contributed by atoms with E-state index in [9.17, 15) is 18.1 Å². The van der Waals surface area contributed by atoms with Crippen LogP contribution in [0.1, 0.15) is 0 Å². The van der Waals surface area contributed by atoms with E-state index in [4.69, 9.17) is 4.74 Å². The maximum atomic E-state index is 11.2. The Bertz CT molecular complexity index is 1000. The molecule has 3 rings (SSSR count). The van der Waals surface area contributed by atoms with Crippen LogP contribution >= 0.6 is 0 Å². The van der Waals surface area contributed by atoms with E-state index in [1.807, 2.05) is 12.1 Å². The largest absolute Gasteiger partial charge is 1.00 e. The molecule has 0 amide bonds. The summed E-state index contributed by atoms with van der Waals surface area (Å²) in [5.74, 6) is 0.479. The second-order valence-corrected chi connectivity index (χ2v) is 6.57. The van der Waals surface area contributed by atoms with Crippen LogP contribution in [0.4, 0.5) is 11.4 Å². The molecule has 124 valence electrons. The third-order valence-electron chi connectivity index (χ3n) is 3.57. The van der Waals surface area contributed by atoms with Gasteiger partial charge >= 0.3 is 29.6 Å². The number of phenolic OH excluding ortho intramolecular Hbond substituents is 1. The average Bonchev–Trinajstić information content (AvgIpc) is 2.54. The Morgan fingerprint density at radius 3 is 2.24 bits per heavy atom. The molecule has 0 aromatic heterocycles. The van der Waals surface area contributed by atoms with E-state index < -0.39 is 15.0 Å². The first-order valence-electron chi connectivity index (χ1n) is 7.00. The zero-order valence-corrected chi connectivity index (χ0v) is 16.5. The van der Waals surface area contributed by atoms with E-state index in [-0.39, 0.29) is 35.3 Å². The minimum Gasteiger partial charge on any atom is -0.744 e. The van der Waals surface area contributed by atoms with Crippen molar-refractivity contribution in [3.8, 4) is 11.5 Å². The molecule has 0 fully saturated rings. The number of benzene rings is 3. The molecular weight excluding hydrogens is 353 g/mol. The van der Waals surface area contributed by atoms with Gasteiger partial charge in [0.1, 0.15) is 21.6 Å². The molecule has 6 nitrogen and oxygen atoms in total. The molecule has 0 aliphatic rings. The van der Waals surface area contributed by atoms with E-state index in [1.165, 1.54) is 6.07 Å². The van der Waals surface area contributed by atoms with Crippen molar-refractivity contribution in [2.24, 2.45) is 0 Å². The summed E-state index contributed by atoms with van der Waals surface area (Å²) in [4.78, 5) is -0.464. The molecule has 8 heteroatoms. The third-order valence-corrected chi connectivity index (χ3v) is 4.38. The van der Waals surface area contributed by atoms with Gasteiger partial charge < -0.3 is 19.7 Å². The van der Waals surface area contributed by atoms with Gasteiger partial charge in [0.25, 0.3) is 0 Å². The summed E-state index contributed by atoms with van der Waals surface area (Å²) in [7, 11) is -3.06. The summed E-state index contributed by atoms with van der Waals surface area (Å²) < 4.78 is 38.6. The summed E-state index contributed by atoms with van der Waals surface area (Å²) in [5.41, 5.74) is 1.50. The maximum absolute atomic E-state index is 11.2. The maximum Gasteiger partial charge on any atom is 1.00 e. The monoisotopic (exact) mass is 367 g/mol. The fourth-order valence-electron chi connectivity index (χ4n) is 2.39. The van der Waals surface area contributed by atoms with Gasteiger partial charge in [-0.05, 0) is 60.0 Å². The first-order chi connectivity index (χ1) is 11.4. The Labute approximate surface area is 167 Å². The molecular formula is C17H14NNaO5S. The SMILES string of the molecule is COc1ccc(Nc2ccc3c(O)cc(S(=O)(=O)[O-])cc3c2)cc1.[Na+]. The van der Waals surface area contributed by atoms with Gasteiger partial charge in [-0.25, -0.2) is 8.42 Å². The van der Waals surface area contributed by atoms with Crippen LogP contribution in [0.15, 0.2) is 59.5 Å². The Balaban J connectivity index is 0.00000225. The molecule has 0 aliphatic carbocycles. The molecule has 25 heavy (non-hydrogen) atoms. The summed E-state index contributed by atoms with van der Waals surface area (Å²) in [5, 5.41) is 14.0. The standard InChI is InChI=1S/C17H15NO5S.Na/c1-23-14-5-2-12(3-6-14)18-13-4-7-16-11(8-13)9-15(10-17(16)19)24(20,21)22;/h2-10,18-19H,1H3,(H,20,21,22);/q;+1/p-1. The second kappa shape index (κ2) is 7.63. The van der Waals surface area contributed by atoms with Crippen LogP contribution in [-0.4, -0.2) is 25.2 Å². The van der Waals surface area contributed by atoms with Gasteiger partial charge in [0.2, 0.25) is 0 Å². The predicted molar refractivity (Wildman–Crippen MR) is 89.9 cm³/mol. The molecule has 0 heterocycles. The Morgan fingerprint density at radius 2 is 1.64 bits per heavy atom. The zero-order valence-electron chi connectivity index (χ0n) is 13.7. The molecule has 0 atom stereocenters. The van der Waals surface area contributed by atoms with E-state index in [0.29, 0.717) is 16.5 Å². The molecule has 0 radical (unpaired) electrons. The van der Waals surface area contributed by atoms with Gasteiger partial charge in [0.05, 0.1) is 12.0 Å². The Hall–Kier alpha value is -1.77. The summed E-state index contributed by atoms with van der Waals surface area (Å²) in [6.45, 7) is 0. The number of methoxy groups -OCH3 is 1. The van der Waals surface area contributed by atoms with Crippen molar-refractivity contribution in [1.82, 2.24) is 0 Å². The van der Waals surface area contributed by atoms with Crippen LogP contribution in [0.5, 0.6) is 11.5 Å². The van der Waals surface area contributed by atoms with E-state index in [2.05, 4.69) is 5.32 Å². The van der Waals surface area contributed by atoms with Gasteiger partial charge in [-0.1, -0.05) is 0 Å². The van der Waals surface area contributed by atoms with Gasteiger partial charge in [0.15, 0.2) is 0 Å². The fraction of sp³-hybridized carbons (Fsp3) is 0.0588. The van der Waals surface area contributed by atoms with Crippen LogP contribution in [-0.2, 0) is 10.1 Å². The van der Waals surface area contributed by atoms with Crippen LogP contribution in [0.3, 0.4) is 0 Å². The van der Waals surface area contributed by atoms with Crippen molar-refractivity contribution in [3.05, 3.63) is 54.6 Å². The van der Waals surface area contributed by atoms with Gasteiger partial charge in [-0.15, -0.1) is 0 Å². The minimum absolute atomic E-state index is 0. The normalized spacial score (nSPS) is 11.0. The Kier molecular flexibility index (Phi) is 5.97. The molecule has 3 aromatic rings. The van der Waals surface area contributed by atoms with Crippen LogP contribution < -0.4 is 39.6 Å². The molecule has 0 saturated heterocycles. The summed E-state index contributed by atoms with van der Waals surface area (Å²) >= 11 is 0. The number of phenols is 1. The molecule has 3 aromatic carbocycles. The molecule has 0 aliphatic heterocycles. The van der Waals surface area contributed by atoms with Crippen molar-refractivity contribution in [1.29, 1.82) is 0 Å². The van der Waals surface area contributed by atoms with Crippen molar-refractivity contribution >= 4 is 32.3 Å². The number of rotatable bonds is 4. The number of nitrogens with one attached hydrogen (secondary N) is 1. The smallest absolute Gasteiger partial charge is 0.744 e. The zero-order chi connectivity index (χ0) is 17.3. The number of aromatic hydroxyl groups is 1. The number of anilines is 2. The van der Waals surface area contributed by atoms with Crippen molar-refractivity contribution in [2.75, 3.05) is 12.4 Å².